The number of phenolic OH excluding ortho intramolecular Hbond substituents is 1. The number of unbranched alkanes of at least 4 members (excludes halogenated alkanes) is 1. The summed E-state index contributed by atoms with van der Waals surface area (Å²) in [4.78, 5) is 6.70. The van der Waals surface area contributed by atoms with Gasteiger partial charge in [-0.2, -0.15) is 0 Å². The maximum absolute atomic E-state index is 10.1. The third kappa shape index (κ3) is 6.29. The number of phenols is 1. The number of aliphatic imine (C=N–C) groups is 1. The van der Waals surface area contributed by atoms with E-state index in [1.165, 1.54) is 0 Å². The molecule has 0 radical (unpaired) electrons. The second-order valence-electron chi connectivity index (χ2n) is 4.91. The van der Waals surface area contributed by atoms with Crippen molar-refractivity contribution in [2.45, 2.75) is 33.2 Å². The number of guanidine groups is 1. The Morgan fingerprint density at radius 2 is 2.09 bits per heavy atom. The molecule has 0 saturated carbocycles. The quantitative estimate of drug-likeness (QED) is 0.403. The normalized spacial score (nSPS) is 10.8. The number of benzene rings is 1. The second kappa shape index (κ2) is 11.4. The lowest BCUT2D eigenvalue weighted by Crippen LogP contribution is -2.39. The number of halogens is 1. The van der Waals surface area contributed by atoms with E-state index in [1.807, 2.05) is 26.1 Å². The van der Waals surface area contributed by atoms with Crippen molar-refractivity contribution in [3.63, 3.8) is 0 Å². The molecule has 5 nitrogen and oxygen atoms in total. The van der Waals surface area contributed by atoms with E-state index in [9.17, 15) is 5.11 Å². The lowest BCUT2D eigenvalue weighted by atomic mass is 10.2. The Morgan fingerprint density at radius 1 is 1.36 bits per heavy atom. The highest BCUT2D eigenvalue weighted by atomic mass is 127. The minimum atomic E-state index is 0. The van der Waals surface area contributed by atoms with Crippen molar-refractivity contribution in [3.05, 3.63) is 23.8 Å². The molecule has 0 aromatic heterocycles. The highest BCUT2D eigenvalue weighted by molar-refractivity contribution is 14.0. The lowest BCUT2D eigenvalue weighted by molar-refractivity contribution is 0.370. The third-order valence-corrected chi connectivity index (χ3v) is 3.25. The first-order valence-electron chi connectivity index (χ1n) is 7.48. The molecular weight excluding hydrogens is 393 g/mol. The molecule has 22 heavy (non-hydrogen) atoms. The number of ether oxygens (including phenoxy) is 1. The molecule has 1 aromatic carbocycles. The Morgan fingerprint density at radius 3 is 2.68 bits per heavy atom. The lowest BCUT2D eigenvalue weighted by Gasteiger charge is -2.21. The van der Waals surface area contributed by atoms with Gasteiger partial charge in [0.1, 0.15) is 0 Å². The predicted octanol–water partition coefficient (Wildman–Crippen LogP) is 3.22. The van der Waals surface area contributed by atoms with E-state index in [0.717, 1.165) is 37.5 Å². The Labute approximate surface area is 150 Å². The van der Waals surface area contributed by atoms with Gasteiger partial charge in [-0.1, -0.05) is 25.5 Å². The van der Waals surface area contributed by atoms with Crippen LogP contribution in [0.3, 0.4) is 0 Å². The SMILES string of the molecule is CCCCN(C)C(=NCc1cccc(OC)c1O)NCC.I. The topological polar surface area (TPSA) is 57.1 Å². The molecule has 0 bridgehead atoms. The molecule has 0 aliphatic carbocycles. The molecule has 0 amide bonds. The standard InChI is InChI=1S/C16H27N3O2.HI/c1-5-7-11-19(3)16(17-6-2)18-12-13-9-8-10-14(21-4)15(13)20;/h8-10,20H,5-7,11-12H2,1-4H3,(H,17,18);1H. The number of hydrogen-bond donors (Lipinski definition) is 2. The second-order valence-corrected chi connectivity index (χ2v) is 4.91. The zero-order valence-corrected chi connectivity index (χ0v) is 16.3. The maximum Gasteiger partial charge on any atom is 0.193 e. The fraction of sp³-hybridized carbons (Fsp3) is 0.562. The largest absolute Gasteiger partial charge is 0.504 e. The summed E-state index contributed by atoms with van der Waals surface area (Å²) < 4.78 is 5.12. The van der Waals surface area contributed by atoms with E-state index in [2.05, 4.69) is 22.1 Å². The summed E-state index contributed by atoms with van der Waals surface area (Å²) >= 11 is 0. The van der Waals surface area contributed by atoms with Crippen LogP contribution in [0.25, 0.3) is 0 Å². The average molecular weight is 421 g/mol. The molecule has 0 heterocycles. The molecule has 1 aromatic rings. The zero-order valence-electron chi connectivity index (χ0n) is 13.9. The molecule has 0 unspecified atom stereocenters. The molecule has 0 fully saturated rings. The van der Waals surface area contributed by atoms with Crippen LogP contribution in [0.5, 0.6) is 11.5 Å². The average Bonchev–Trinajstić information content (AvgIpc) is 2.50. The maximum atomic E-state index is 10.1. The first-order valence-corrected chi connectivity index (χ1v) is 7.48. The van der Waals surface area contributed by atoms with Crippen LogP contribution in [0.15, 0.2) is 23.2 Å². The summed E-state index contributed by atoms with van der Waals surface area (Å²) in [5.41, 5.74) is 0.758. The van der Waals surface area contributed by atoms with Gasteiger partial charge in [-0.25, -0.2) is 4.99 Å². The van der Waals surface area contributed by atoms with Crippen LogP contribution in [-0.4, -0.2) is 43.2 Å². The van der Waals surface area contributed by atoms with Gasteiger partial charge < -0.3 is 20.1 Å². The van der Waals surface area contributed by atoms with Crippen LogP contribution in [0.4, 0.5) is 0 Å². The summed E-state index contributed by atoms with van der Waals surface area (Å²) in [6.45, 7) is 6.42. The van der Waals surface area contributed by atoms with E-state index >= 15 is 0 Å². The Hall–Kier alpha value is -1.18. The van der Waals surface area contributed by atoms with E-state index in [0.29, 0.717) is 12.3 Å². The first-order chi connectivity index (χ1) is 10.1. The number of aromatic hydroxyl groups is 1. The van der Waals surface area contributed by atoms with Crippen LogP contribution in [0, 0.1) is 0 Å². The number of rotatable bonds is 7. The van der Waals surface area contributed by atoms with Gasteiger partial charge in [-0.05, 0) is 19.4 Å². The van der Waals surface area contributed by atoms with Crippen molar-refractivity contribution >= 4 is 29.9 Å². The van der Waals surface area contributed by atoms with Gasteiger partial charge in [0, 0.05) is 25.7 Å². The fourth-order valence-electron chi connectivity index (χ4n) is 1.99. The number of nitrogens with zero attached hydrogens (tertiary/aromatic N) is 2. The molecule has 0 aliphatic heterocycles. The molecule has 0 atom stereocenters. The van der Waals surface area contributed by atoms with Gasteiger partial charge in [-0.3, -0.25) is 0 Å². The summed E-state index contributed by atoms with van der Waals surface area (Å²) in [6.07, 6.45) is 2.28. The summed E-state index contributed by atoms with van der Waals surface area (Å²) in [5.74, 6) is 1.50. The molecule has 2 N–H and O–H groups in total. The Bertz CT molecular complexity index is 467. The molecule has 126 valence electrons. The van der Waals surface area contributed by atoms with Crippen LogP contribution < -0.4 is 10.1 Å². The van der Waals surface area contributed by atoms with Crippen LogP contribution >= 0.6 is 24.0 Å². The van der Waals surface area contributed by atoms with Crippen molar-refractivity contribution in [3.8, 4) is 11.5 Å². The Balaban J connectivity index is 0.00000441. The monoisotopic (exact) mass is 421 g/mol. The highest BCUT2D eigenvalue weighted by Crippen LogP contribution is 2.29. The van der Waals surface area contributed by atoms with Gasteiger partial charge in [0.05, 0.1) is 13.7 Å². The number of hydrogen-bond acceptors (Lipinski definition) is 3. The van der Waals surface area contributed by atoms with Gasteiger partial charge in [0.2, 0.25) is 0 Å². The minimum Gasteiger partial charge on any atom is -0.504 e. The first kappa shape index (κ1) is 20.8. The van der Waals surface area contributed by atoms with Crippen molar-refractivity contribution in [1.82, 2.24) is 10.2 Å². The Kier molecular flexibility index (Phi) is 10.8. The number of para-hydroxylation sites is 1. The van der Waals surface area contributed by atoms with Gasteiger partial charge in [0.15, 0.2) is 17.5 Å². The molecular formula is C16H28IN3O2. The predicted molar refractivity (Wildman–Crippen MR) is 102 cm³/mol. The van der Waals surface area contributed by atoms with Gasteiger partial charge >= 0.3 is 0 Å². The van der Waals surface area contributed by atoms with E-state index in [4.69, 9.17) is 4.74 Å². The molecule has 0 spiro atoms. The summed E-state index contributed by atoms with van der Waals surface area (Å²) in [6, 6.07) is 5.45. The van der Waals surface area contributed by atoms with Crippen LogP contribution in [-0.2, 0) is 6.54 Å². The van der Waals surface area contributed by atoms with Crippen molar-refractivity contribution in [2.75, 3.05) is 27.2 Å². The van der Waals surface area contributed by atoms with E-state index < -0.39 is 0 Å². The fourth-order valence-corrected chi connectivity index (χ4v) is 1.99. The third-order valence-electron chi connectivity index (χ3n) is 3.25. The van der Waals surface area contributed by atoms with Crippen LogP contribution in [0.1, 0.15) is 32.3 Å². The van der Waals surface area contributed by atoms with Crippen molar-refractivity contribution in [2.24, 2.45) is 4.99 Å². The molecule has 6 heteroatoms. The molecule has 0 saturated heterocycles. The smallest absolute Gasteiger partial charge is 0.193 e. The molecule has 0 aliphatic rings. The summed E-state index contributed by atoms with van der Waals surface area (Å²) in [5, 5.41) is 13.4. The van der Waals surface area contributed by atoms with E-state index in [1.54, 1.807) is 13.2 Å². The van der Waals surface area contributed by atoms with Crippen molar-refractivity contribution < 1.29 is 9.84 Å². The number of nitrogens with one attached hydrogen (secondary N) is 1. The zero-order chi connectivity index (χ0) is 15.7. The van der Waals surface area contributed by atoms with E-state index in [-0.39, 0.29) is 29.7 Å². The molecule has 1 rings (SSSR count). The minimum absolute atomic E-state index is 0. The van der Waals surface area contributed by atoms with Gasteiger partial charge in [0.25, 0.3) is 0 Å². The van der Waals surface area contributed by atoms with Gasteiger partial charge in [-0.15, -0.1) is 24.0 Å². The van der Waals surface area contributed by atoms with Crippen molar-refractivity contribution in [1.29, 1.82) is 0 Å². The van der Waals surface area contributed by atoms with Crippen LogP contribution in [0.2, 0.25) is 0 Å². The summed E-state index contributed by atoms with van der Waals surface area (Å²) in [7, 11) is 3.58. The highest BCUT2D eigenvalue weighted by Gasteiger charge is 2.08. The number of methoxy groups -OCH3 is 1.